The summed E-state index contributed by atoms with van der Waals surface area (Å²) in [4.78, 5) is 0. The van der Waals surface area contributed by atoms with E-state index < -0.39 is 0 Å². The quantitative estimate of drug-likeness (QED) is 0.614. The first-order valence-corrected chi connectivity index (χ1v) is 4.24. The molecule has 1 rings (SSSR count). The first-order valence-electron chi connectivity index (χ1n) is 2.65. The van der Waals surface area contributed by atoms with E-state index in [1.807, 2.05) is 24.3 Å². The second-order valence-corrected chi connectivity index (χ2v) is 2.81. The van der Waals surface area contributed by atoms with Crippen molar-refractivity contribution in [3.63, 3.8) is 0 Å². The van der Waals surface area contributed by atoms with Gasteiger partial charge in [0.1, 0.15) is 0 Å². The molecule has 0 aromatic heterocycles. The van der Waals surface area contributed by atoms with Gasteiger partial charge in [-0.1, -0.05) is 0 Å². The zero-order valence-electron chi connectivity index (χ0n) is 4.80. The maximum absolute atomic E-state index is 5.66. The van der Waals surface area contributed by atoms with Gasteiger partial charge in [-0.25, -0.2) is 0 Å². The molecule has 0 saturated heterocycles. The second kappa shape index (κ2) is 3.26. The first kappa shape index (κ1) is 7.14. The zero-order valence-corrected chi connectivity index (χ0v) is 7.27. The van der Waals surface area contributed by atoms with Crippen LogP contribution in [0, 0.1) is 0 Å². The molecular weight excluding hydrogens is 198 g/mol. The predicted octanol–water partition coefficient (Wildman–Crippen LogP) is 2.01. The molecule has 0 N–H and O–H groups in total. The molecule has 1 aromatic rings. The second-order valence-electron chi connectivity index (χ2n) is 1.77. The van der Waals surface area contributed by atoms with Crippen molar-refractivity contribution in [2.24, 2.45) is 0 Å². The molecule has 1 aromatic carbocycles. The number of benzene rings is 1. The van der Waals surface area contributed by atoms with Gasteiger partial charge in [-0.05, 0) is 0 Å². The van der Waals surface area contributed by atoms with Crippen molar-refractivity contribution < 1.29 is 0 Å². The Morgan fingerprint density at radius 2 is 1.78 bits per heavy atom. The Morgan fingerprint density at radius 1 is 1.22 bits per heavy atom. The summed E-state index contributed by atoms with van der Waals surface area (Å²) in [6, 6.07) is 7.82. The molecule has 0 aliphatic rings. The molecule has 2 heteroatoms. The summed E-state index contributed by atoms with van der Waals surface area (Å²) in [5.74, 6) is 0. The molecule has 0 amide bonds. The van der Waals surface area contributed by atoms with Crippen LogP contribution in [-0.2, 0) is 5.32 Å². The maximum atomic E-state index is 5.66. The van der Waals surface area contributed by atoms with Crippen LogP contribution in [0.3, 0.4) is 0 Å². The van der Waals surface area contributed by atoms with Crippen molar-refractivity contribution in [3.8, 4) is 0 Å². The topological polar surface area (TPSA) is 0 Å². The summed E-state index contributed by atoms with van der Waals surface area (Å²) >= 11 is 8.59. The Kier molecular flexibility index (Phi) is 2.59. The summed E-state index contributed by atoms with van der Waals surface area (Å²) in [5.41, 5.74) is 1.28. The van der Waals surface area contributed by atoms with Gasteiger partial charge in [-0.15, -0.1) is 0 Å². The fourth-order valence-electron chi connectivity index (χ4n) is 0.581. The van der Waals surface area contributed by atoms with E-state index in [0.717, 1.165) is 10.3 Å². The van der Waals surface area contributed by atoms with Gasteiger partial charge in [0.2, 0.25) is 0 Å². The minimum atomic E-state index is 0.798. The SMILES string of the molecule is Clc1ccc(C[Se])cc1. The number of halogens is 1. The third-order valence-electron chi connectivity index (χ3n) is 1.08. The molecule has 0 fully saturated rings. The number of hydrogen-bond donors (Lipinski definition) is 0. The molecule has 9 heavy (non-hydrogen) atoms. The molecule has 1 radical (unpaired) electrons. The molecule has 0 bridgehead atoms. The molecule has 0 aliphatic carbocycles. The molecule has 0 saturated carbocycles. The summed E-state index contributed by atoms with van der Waals surface area (Å²) in [7, 11) is 0. The molecule has 0 nitrogen and oxygen atoms in total. The third kappa shape index (κ3) is 2.02. The van der Waals surface area contributed by atoms with Crippen LogP contribution in [0.2, 0.25) is 5.02 Å². The van der Waals surface area contributed by atoms with Crippen molar-refractivity contribution in [1.29, 1.82) is 0 Å². The molecule has 0 unspecified atom stereocenters. The van der Waals surface area contributed by atoms with E-state index in [2.05, 4.69) is 16.0 Å². The van der Waals surface area contributed by atoms with Crippen molar-refractivity contribution in [1.82, 2.24) is 0 Å². The summed E-state index contributed by atoms with van der Waals surface area (Å²) in [6.07, 6.45) is 0. The monoisotopic (exact) mass is 205 g/mol. The van der Waals surface area contributed by atoms with Gasteiger partial charge in [0.05, 0.1) is 0 Å². The van der Waals surface area contributed by atoms with Crippen LogP contribution in [0.1, 0.15) is 5.56 Å². The zero-order chi connectivity index (χ0) is 6.69. The van der Waals surface area contributed by atoms with Gasteiger partial charge in [-0.3, -0.25) is 0 Å². The Bertz CT molecular complexity index is 181. The van der Waals surface area contributed by atoms with E-state index in [4.69, 9.17) is 11.6 Å². The Hall–Kier alpha value is 0.0295. The first-order chi connectivity index (χ1) is 4.33. The third-order valence-corrected chi connectivity index (χ3v) is 2.03. The van der Waals surface area contributed by atoms with Crippen LogP contribution >= 0.6 is 11.6 Å². The van der Waals surface area contributed by atoms with E-state index in [9.17, 15) is 0 Å². The van der Waals surface area contributed by atoms with E-state index in [1.54, 1.807) is 0 Å². The van der Waals surface area contributed by atoms with E-state index >= 15 is 0 Å². The van der Waals surface area contributed by atoms with E-state index in [0.29, 0.717) is 0 Å². The van der Waals surface area contributed by atoms with E-state index in [-0.39, 0.29) is 0 Å². The molecule has 0 atom stereocenters. The Balaban J connectivity index is 2.88. The average molecular weight is 205 g/mol. The Morgan fingerprint density at radius 3 is 2.22 bits per heavy atom. The van der Waals surface area contributed by atoms with Gasteiger partial charge in [-0.2, -0.15) is 0 Å². The normalized spacial score (nSPS) is 9.56. The molecule has 47 valence electrons. The Labute approximate surface area is 68.0 Å². The van der Waals surface area contributed by atoms with Crippen molar-refractivity contribution in [2.75, 3.05) is 0 Å². The van der Waals surface area contributed by atoms with Gasteiger partial charge in [0, 0.05) is 0 Å². The van der Waals surface area contributed by atoms with Crippen LogP contribution in [-0.4, -0.2) is 16.0 Å². The van der Waals surface area contributed by atoms with Crippen LogP contribution in [0.15, 0.2) is 24.3 Å². The van der Waals surface area contributed by atoms with Crippen LogP contribution < -0.4 is 0 Å². The summed E-state index contributed by atoms with van der Waals surface area (Å²) < 4.78 is 0. The average Bonchev–Trinajstić information content (AvgIpc) is 1.90. The van der Waals surface area contributed by atoms with Gasteiger partial charge >= 0.3 is 67.8 Å². The molecule has 0 heterocycles. The van der Waals surface area contributed by atoms with Gasteiger partial charge < -0.3 is 0 Å². The van der Waals surface area contributed by atoms with Crippen LogP contribution in [0.5, 0.6) is 0 Å². The van der Waals surface area contributed by atoms with Crippen LogP contribution in [0.4, 0.5) is 0 Å². The van der Waals surface area contributed by atoms with Crippen molar-refractivity contribution in [2.45, 2.75) is 5.32 Å². The van der Waals surface area contributed by atoms with E-state index in [1.165, 1.54) is 5.56 Å². The molecular formula is C7H6ClSe. The standard InChI is InChI=1S/C7H6ClSe/c8-7-3-1-6(5-9)2-4-7/h1-4H,5H2. The molecule has 0 aliphatic heterocycles. The number of rotatable bonds is 1. The van der Waals surface area contributed by atoms with Crippen molar-refractivity contribution >= 4 is 27.6 Å². The van der Waals surface area contributed by atoms with Gasteiger partial charge in [0.15, 0.2) is 0 Å². The van der Waals surface area contributed by atoms with Crippen LogP contribution in [0.25, 0.3) is 0 Å². The minimum absolute atomic E-state index is 0.798. The summed E-state index contributed by atoms with van der Waals surface area (Å²) in [6.45, 7) is 0. The number of hydrogen-bond acceptors (Lipinski definition) is 0. The summed E-state index contributed by atoms with van der Waals surface area (Å²) in [5, 5.41) is 1.75. The molecule has 0 spiro atoms. The fourth-order valence-corrected chi connectivity index (χ4v) is 1.11. The van der Waals surface area contributed by atoms with Crippen molar-refractivity contribution in [3.05, 3.63) is 34.9 Å². The predicted molar refractivity (Wildman–Crippen MR) is 40.9 cm³/mol. The fraction of sp³-hybridized carbons (Fsp3) is 0.143. The van der Waals surface area contributed by atoms with Gasteiger partial charge in [0.25, 0.3) is 0 Å².